The van der Waals surface area contributed by atoms with Gasteiger partial charge in [0.25, 0.3) is 11.4 Å². The molecule has 6 nitrogen and oxygen atoms in total. The van der Waals surface area contributed by atoms with Crippen molar-refractivity contribution in [1.29, 1.82) is 0 Å². The lowest BCUT2D eigenvalue weighted by atomic mass is 10.8. The van der Waals surface area contributed by atoms with Crippen molar-refractivity contribution in [2.24, 2.45) is 0 Å². The number of hydrogen-bond acceptors (Lipinski definition) is 6. The number of halogens is 9. The maximum Gasteiger partial charge on any atom is 0.734 e. The highest BCUT2D eigenvalue weighted by Crippen LogP contribution is 2.34. The zero-order chi connectivity index (χ0) is 19.6. The third-order valence-corrected chi connectivity index (χ3v) is 4.95. The summed E-state index contributed by atoms with van der Waals surface area (Å²) in [6.45, 7) is 3.18. The van der Waals surface area contributed by atoms with Crippen LogP contribution in [0.15, 0.2) is 12.3 Å². The minimum absolute atomic E-state index is 0.601. The fourth-order valence-electron chi connectivity index (χ4n) is 0.749. The number of carbonyl (C=O) groups is 3. The molecule has 24 heavy (non-hydrogen) atoms. The van der Waals surface area contributed by atoms with Crippen molar-refractivity contribution in [2.45, 2.75) is 11.4 Å². The maximum atomic E-state index is 11.7. The van der Waals surface area contributed by atoms with Crippen LogP contribution in [0.5, 0.6) is 0 Å². The standard InChI is InChI=1S/C8H3Cl9O6Si/c1-2-24(21-3(18)6(9,10)11,22-4(19)7(12,13)14)23-5(20)8(15,16)17/h2H,1H2. The van der Waals surface area contributed by atoms with Crippen molar-refractivity contribution in [3.8, 4) is 0 Å². The van der Waals surface area contributed by atoms with Crippen molar-refractivity contribution in [3.63, 3.8) is 0 Å². The first-order chi connectivity index (χ1) is 10.4. The zero-order valence-corrected chi connectivity index (χ0v) is 18.4. The molecule has 0 saturated heterocycles. The molecule has 0 radical (unpaired) electrons. The summed E-state index contributed by atoms with van der Waals surface area (Å²) >= 11 is 47.8. The summed E-state index contributed by atoms with van der Waals surface area (Å²) in [5, 5.41) is 0. The van der Waals surface area contributed by atoms with Crippen LogP contribution in [0.3, 0.4) is 0 Å². The molecule has 16 heteroatoms. The van der Waals surface area contributed by atoms with E-state index in [2.05, 4.69) is 19.9 Å². The van der Waals surface area contributed by atoms with Gasteiger partial charge in [-0.05, 0) is 0 Å². The second-order valence-corrected chi connectivity index (χ2v) is 12.5. The summed E-state index contributed by atoms with van der Waals surface area (Å²) in [6, 6.07) is 0. The van der Waals surface area contributed by atoms with Gasteiger partial charge in [-0.2, -0.15) is 0 Å². The number of alkyl halides is 9. The van der Waals surface area contributed by atoms with Gasteiger partial charge in [0.15, 0.2) is 0 Å². The average molecular weight is 542 g/mol. The highest BCUT2D eigenvalue weighted by atomic mass is 35.6. The number of carbonyl (C=O) groups excluding carboxylic acids is 3. The Labute approximate surface area is 181 Å². The molecule has 0 heterocycles. The van der Waals surface area contributed by atoms with Gasteiger partial charge in [0, 0.05) is 5.70 Å². The Morgan fingerprint density at radius 1 is 0.667 bits per heavy atom. The van der Waals surface area contributed by atoms with Gasteiger partial charge in [0.05, 0.1) is 0 Å². The molecule has 0 aliphatic carbocycles. The van der Waals surface area contributed by atoms with E-state index in [1.54, 1.807) is 0 Å². The first-order valence-electron chi connectivity index (χ1n) is 4.98. The molecule has 138 valence electrons. The van der Waals surface area contributed by atoms with Crippen LogP contribution in [0, 0.1) is 0 Å². The lowest BCUT2D eigenvalue weighted by Gasteiger charge is -2.28. The largest absolute Gasteiger partial charge is 0.734 e. The SMILES string of the molecule is C=C[Si](OC(=O)C(Cl)(Cl)Cl)(OC(=O)C(Cl)(Cl)Cl)OC(=O)C(Cl)(Cl)Cl. The van der Waals surface area contributed by atoms with E-state index in [0.717, 1.165) is 0 Å². The molecule has 0 spiro atoms. The monoisotopic (exact) mass is 538 g/mol. The predicted octanol–water partition coefficient (Wildman–Crippen LogP) is 4.39. The lowest BCUT2D eigenvalue weighted by Crippen LogP contribution is -2.53. The second-order valence-electron chi connectivity index (χ2n) is 3.47. The summed E-state index contributed by atoms with van der Waals surface area (Å²) in [4.78, 5) is 35.1. The van der Waals surface area contributed by atoms with Crippen LogP contribution in [0.25, 0.3) is 0 Å². The van der Waals surface area contributed by atoms with Crippen molar-refractivity contribution in [3.05, 3.63) is 12.3 Å². The molecule has 0 aromatic rings. The third kappa shape index (κ3) is 8.12. The molecule has 0 bridgehead atoms. The fourth-order valence-corrected chi connectivity index (χ4v) is 3.29. The van der Waals surface area contributed by atoms with E-state index in [-0.39, 0.29) is 0 Å². The Morgan fingerprint density at radius 2 is 0.875 bits per heavy atom. The summed E-state index contributed by atoms with van der Waals surface area (Å²) in [7, 11) is -4.83. The maximum absolute atomic E-state index is 11.7. The van der Waals surface area contributed by atoms with Crippen LogP contribution in [0.1, 0.15) is 0 Å². The number of hydrogen-bond donors (Lipinski definition) is 0. The van der Waals surface area contributed by atoms with Gasteiger partial charge in [-0.1, -0.05) is 111 Å². The smallest absolute Gasteiger partial charge is 0.449 e. The Kier molecular flexibility index (Phi) is 9.13. The van der Waals surface area contributed by atoms with Gasteiger partial charge in [-0.3, -0.25) is 0 Å². The van der Waals surface area contributed by atoms with Crippen molar-refractivity contribution in [2.75, 3.05) is 0 Å². The fraction of sp³-hybridized carbons (Fsp3) is 0.375. The molecule has 0 rings (SSSR count). The van der Waals surface area contributed by atoms with Crippen molar-refractivity contribution >= 4 is 131 Å². The highest BCUT2D eigenvalue weighted by Gasteiger charge is 2.57. The van der Waals surface area contributed by atoms with E-state index >= 15 is 0 Å². The normalized spacial score (nSPS) is 13.0. The molecule has 0 fully saturated rings. The van der Waals surface area contributed by atoms with E-state index < -0.39 is 38.1 Å². The average Bonchev–Trinajstić information content (AvgIpc) is 2.34. The minimum atomic E-state index is -4.83. The first-order valence-corrected chi connectivity index (χ1v) is 10.2. The van der Waals surface area contributed by atoms with E-state index in [1.807, 2.05) is 0 Å². The van der Waals surface area contributed by atoms with E-state index in [1.165, 1.54) is 0 Å². The van der Waals surface area contributed by atoms with E-state index in [0.29, 0.717) is 5.70 Å². The topological polar surface area (TPSA) is 78.9 Å². The van der Waals surface area contributed by atoms with Gasteiger partial charge in [0.1, 0.15) is 0 Å². The van der Waals surface area contributed by atoms with Gasteiger partial charge < -0.3 is 13.3 Å². The van der Waals surface area contributed by atoms with Gasteiger partial charge in [-0.25, -0.2) is 14.4 Å². The van der Waals surface area contributed by atoms with Crippen LogP contribution in [-0.2, 0) is 27.7 Å². The van der Waals surface area contributed by atoms with Gasteiger partial charge in [-0.15, -0.1) is 0 Å². The molecule has 0 aliphatic rings. The Hall–Kier alpha value is 0.977. The third-order valence-electron chi connectivity index (χ3n) is 1.65. The zero-order valence-electron chi connectivity index (χ0n) is 10.6. The molecule has 0 aliphatic heterocycles. The molecule has 0 saturated carbocycles. The molecule has 0 aromatic carbocycles. The van der Waals surface area contributed by atoms with Crippen LogP contribution >= 0.6 is 104 Å². The van der Waals surface area contributed by atoms with Crippen LogP contribution in [0.2, 0.25) is 0 Å². The van der Waals surface area contributed by atoms with Crippen molar-refractivity contribution < 1.29 is 27.7 Å². The quantitative estimate of drug-likeness (QED) is 0.388. The van der Waals surface area contributed by atoms with Gasteiger partial charge in [0.2, 0.25) is 0 Å². The summed E-state index contributed by atoms with van der Waals surface area (Å²) in [5.41, 5.74) is 0.601. The molecular weight excluding hydrogens is 539 g/mol. The van der Waals surface area contributed by atoms with Gasteiger partial charge >= 0.3 is 26.7 Å². The van der Waals surface area contributed by atoms with E-state index in [9.17, 15) is 14.4 Å². The predicted molar refractivity (Wildman–Crippen MR) is 95.1 cm³/mol. The highest BCUT2D eigenvalue weighted by molar-refractivity contribution is 6.82. The molecule has 0 unspecified atom stereocenters. The molecule has 0 N–H and O–H groups in total. The Bertz CT molecular complexity index is 464. The first kappa shape index (κ1) is 25.0. The second kappa shape index (κ2) is 8.78. The molecule has 0 amide bonds. The minimum Gasteiger partial charge on any atom is -0.449 e. The number of rotatable bonds is 4. The Balaban J connectivity index is 5.77. The lowest BCUT2D eigenvalue weighted by molar-refractivity contribution is -0.148. The van der Waals surface area contributed by atoms with E-state index in [4.69, 9.17) is 104 Å². The molecule has 0 atom stereocenters. The van der Waals surface area contributed by atoms with Crippen LogP contribution < -0.4 is 0 Å². The van der Waals surface area contributed by atoms with Crippen LogP contribution in [-0.4, -0.2) is 38.1 Å². The Morgan fingerprint density at radius 3 is 1.00 bits per heavy atom. The summed E-state index contributed by atoms with van der Waals surface area (Å²) in [6.07, 6.45) is 0. The van der Waals surface area contributed by atoms with Crippen molar-refractivity contribution in [1.82, 2.24) is 0 Å². The van der Waals surface area contributed by atoms with Crippen LogP contribution in [0.4, 0.5) is 0 Å². The molecule has 0 aromatic heterocycles. The summed E-state index contributed by atoms with van der Waals surface area (Å²) in [5.74, 6) is -4.81. The summed E-state index contributed by atoms with van der Waals surface area (Å²) < 4.78 is 5.98. The molecular formula is C8H3Cl9O6Si.